The first-order valence-corrected chi connectivity index (χ1v) is 7.92. The van der Waals surface area contributed by atoms with E-state index in [1.807, 2.05) is 12.1 Å². The molecule has 0 unspecified atom stereocenters. The van der Waals surface area contributed by atoms with Gasteiger partial charge in [0.2, 0.25) is 5.91 Å². The molecule has 1 saturated heterocycles. The van der Waals surface area contributed by atoms with Gasteiger partial charge < -0.3 is 10.2 Å². The van der Waals surface area contributed by atoms with Crippen molar-refractivity contribution in [2.75, 3.05) is 18.0 Å². The second-order valence-electron chi connectivity index (χ2n) is 5.80. The zero-order valence-corrected chi connectivity index (χ0v) is 13.0. The fraction of sp³-hybridized carbons (Fsp3) is 0.333. The standard InChI is InChI=1S/C18H20FN3O/c19-16-5-3-14(4-6-16)12-18(23)21-13-15-7-8-20-17(11-15)22-9-1-2-10-22/h3-8,11H,1-2,9-10,12-13H2,(H,21,23). The van der Waals surface area contributed by atoms with Crippen LogP contribution in [0.25, 0.3) is 0 Å². The molecule has 1 aliphatic rings. The maximum Gasteiger partial charge on any atom is 0.224 e. The van der Waals surface area contributed by atoms with Crippen LogP contribution < -0.4 is 10.2 Å². The van der Waals surface area contributed by atoms with Gasteiger partial charge >= 0.3 is 0 Å². The quantitative estimate of drug-likeness (QED) is 0.923. The van der Waals surface area contributed by atoms with E-state index in [1.165, 1.54) is 25.0 Å². The monoisotopic (exact) mass is 313 g/mol. The molecule has 2 heterocycles. The maximum atomic E-state index is 12.8. The second-order valence-corrected chi connectivity index (χ2v) is 5.80. The van der Waals surface area contributed by atoms with Crippen LogP contribution in [0.4, 0.5) is 10.2 Å². The number of carbonyl (C=O) groups is 1. The van der Waals surface area contributed by atoms with Crippen molar-refractivity contribution in [2.24, 2.45) is 0 Å². The van der Waals surface area contributed by atoms with Gasteiger partial charge in [-0.2, -0.15) is 0 Å². The highest BCUT2D eigenvalue weighted by molar-refractivity contribution is 5.78. The van der Waals surface area contributed by atoms with Gasteiger partial charge in [0.15, 0.2) is 0 Å². The molecular formula is C18H20FN3O. The van der Waals surface area contributed by atoms with Gasteiger partial charge in [0, 0.05) is 25.8 Å². The Morgan fingerprint density at radius 3 is 2.61 bits per heavy atom. The summed E-state index contributed by atoms with van der Waals surface area (Å²) in [6.45, 7) is 2.57. The number of nitrogens with one attached hydrogen (secondary N) is 1. The molecule has 23 heavy (non-hydrogen) atoms. The van der Waals surface area contributed by atoms with Crippen LogP contribution in [0.2, 0.25) is 0 Å². The third-order valence-corrected chi connectivity index (χ3v) is 4.01. The first kappa shape index (κ1) is 15.5. The number of rotatable bonds is 5. The molecule has 0 saturated carbocycles. The Balaban J connectivity index is 1.54. The second kappa shape index (κ2) is 7.22. The number of nitrogens with zero attached hydrogens (tertiary/aromatic N) is 2. The minimum Gasteiger partial charge on any atom is -0.357 e. The number of pyridine rings is 1. The van der Waals surface area contributed by atoms with Crippen molar-refractivity contribution in [3.8, 4) is 0 Å². The Bertz CT molecular complexity index is 666. The predicted octanol–water partition coefficient (Wildman–Crippen LogP) is 2.68. The van der Waals surface area contributed by atoms with E-state index in [0.717, 1.165) is 30.0 Å². The van der Waals surface area contributed by atoms with Crippen LogP contribution in [-0.2, 0) is 17.8 Å². The van der Waals surface area contributed by atoms with Crippen molar-refractivity contribution in [3.05, 3.63) is 59.5 Å². The highest BCUT2D eigenvalue weighted by Gasteiger charge is 2.13. The van der Waals surface area contributed by atoms with Crippen molar-refractivity contribution >= 4 is 11.7 Å². The normalized spacial score (nSPS) is 14.0. The van der Waals surface area contributed by atoms with Crippen LogP contribution >= 0.6 is 0 Å². The maximum absolute atomic E-state index is 12.8. The number of hydrogen-bond acceptors (Lipinski definition) is 3. The number of hydrogen-bond donors (Lipinski definition) is 1. The van der Waals surface area contributed by atoms with Crippen LogP contribution in [0.3, 0.4) is 0 Å². The molecular weight excluding hydrogens is 293 g/mol. The minimum atomic E-state index is -0.291. The summed E-state index contributed by atoms with van der Waals surface area (Å²) in [4.78, 5) is 18.7. The van der Waals surface area contributed by atoms with Crippen LogP contribution in [0.15, 0.2) is 42.6 Å². The third kappa shape index (κ3) is 4.28. The van der Waals surface area contributed by atoms with E-state index in [-0.39, 0.29) is 18.1 Å². The Hall–Kier alpha value is -2.43. The Kier molecular flexibility index (Phi) is 4.86. The van der Waals surface area contributed by atoms with E-state index < -0.39 is 0 Å². The van der Waals surface area contributed by atoms with E-state index in [2.05, 4.69) is 15.2 Å². The Labute approximate surface area is 135 Å². The van der Waals surface area contributed by atoms with Gasteiger partial charge in [0.25, 0.3) is 0 Å². The fourth-order valence-electron chi connectivity index (χ4n) is 2.74. The van der Waals surface area contributed by atoms with E-state index in [0.29, 0.717) is 6.54 Å². The first-order valence-electron chi connectivity index (χ1n) is 7.92. The van der Waals surface area contributed by atoms with Gasteiger partial charge in [-0.15, -0.1) is 0 Å². The molecule has 120 valence electrons. The number of amides is 1. The summed E-state index contributed by atoms with van der Waals surface area (Å²) in [5, 5.41) is 2.90. The average Bonchev–Trinajstić information content (AvgIpc) is 3.10. The molecule has 5 heteroatoms. The van der Waals surface area contributed by atoms with E-state index in [4.69, 9.17) is 0 Å². The zero-order chi connectivity index (χ0) is 16.1. The van der Waals surface area contributed by atoms with Crippen molar-refractivity contribution < 1.29 is 9.18 Å². The third-order valence-electron chi connectivity index (χ3n) is 4.01. The van der Waals surface area contributed by atoms with Crippen molar-refractivity contribution in [1.29, 1.82) is 0 Å². The smallest absolute Gasteiger partial charge is 0.224 e. The summed E-state index contributed by atoms with van der Waals surface area (Å²) in [5.74, 6) is 0.615. The van der Waals surface area contributed by atoms with Gasteiger partial charge in [-0.3, -0.25) is 4.79 Å². The molecule has 2 aromatic rings. The molecule has 0 spiro atoms. The summed E-state index contributed by atoms with van der Waals surface area (Å²) in [6, 6.07) is 9.95. The number of aromatic nitrogens is 1. The average molecular weight is 313 g/mol. The summed E-state index contributed by atoms with van der Waals surface area (Å²) >= 11 is 0. The molecule has 1 aromatic carbocycles. The molecule has 1 aromatic heterocycles. The van der Waals surface area contributed by atoms with E-state index >= 15 is 0 Å². The minimum absolute atomic E-state index is 0.0730. The molecule has 0 aliphatic carbocycles. The van der Waals surface area contributed by atoms with Gasteiger partial charge in [0.1, 0.15) is 11.6 Å². The molecule has 0 radical (unpaired) electrons. The summed E-state index contributed by atoms with van der Waals surface area (Å²) in [5.41, 5.74) is 1.84. The Morgan fingerprint density at radius 2 is 1.87 bits per heavy atom. The van der Waals surface area contributed by atoms with Gasteiger partial charge in [-0.25, -0.2) is 9.37 Å². The summed E-state index contributed by atoms with van der Waals surface area (Å²) in [7, 11) is 0. The van der Waals surface area contributed by atoms with Crippen LogP contribution in [0, 0.1) is 5.82 Å². The Morgan fingerprint density at radius 1 is 1.13 bits per heavy atom. The zero-order valence-electron chi connectivity index (χ0n) is 13.0. The lowest BCUT2D eigenvalue weighted by Crippen LogP contribution is -2.25. The lowest BCUT2D eigenvalue weighted by Gasteiger charge is -2.17. The SMILES string of the molecule is O=C(Cc1ccc(F)cc1)NCc1ccnc(N2CCCC2)c1. The van der Waals surface area contributed by atoms with Crippen LogP contribution in [0.5, 0.6) is 0 Å². The van der Waals surface area contributed by atoms with Crippen molar-refractivity contribution in [1.82, 2.24) is 10.3 Å². The first-order chi connectivity index (χ1) is 11.2. The topological polar surface area (TPSA) is 45.2 Å². The lowest BCUT2D eigenvalue weighted by atomic mass is 10.1. The molecule has 1 amide bonds. The highest BCUT2D eigenvalue weighted by atomic mass is 19.1. The summed E-state index contributed by atoms with van der Waals surface area (Å²) < 4.78 is 12.8. The molecule has 0 atom stereocenters. The van der Waals surface area contributed by atoms with Crippen molar-refractivity contribution in [2.45, 2.75) is 25.8 Å². The molecule has 1 fully saturated rings. The van der Waals surface area contributed by atoms with E-state index in [9.17, 15) is 9.18 Å². The molecule has 3 rings (SSSR count). The van der Waals surface area contributed by atoms with E-state index in [1.54, 1.807) is 18.3 Å². The van der Waals surface area contributed by atoms with Crippen LogP contribution in [0.1, 0.15) is 24.0 Å². The fourth-order valence-corrected chi connectivity index (χ4v) is 2.74. The highest BCUT2D eigenvalue weighted by Crippen LogP contribution is 2.18. The molecule has 4 nitrogen and oxygen atoms in total. The number of benzene rings is 1. The predicted molar refractivity (Wildman–Crippen MR) is 87.6 cm³/mol. The molecule has 1 N–H and O–H groups in total. The largest absolute Gasteiger partial charge is 0.357 e. The molecule has 1 aliphatic heterocycles. The van der Waals surface area contributed by atoms with Gasteiger partial charge in [-0.1, -0.05) is 12.1 Å². The van der Waals surface area contributed by atoms with Gasteiger partial charge in [-0.05, 0) is 48.2 Å². The molecule has 0 bridgehead atoms. The lowest BCUT2D eigenvalue weighted by molar-refractivity contribution is -0.120. The number of halogens is 1. The van der Waals surface area contributed by atoms with Crippen LogP contribution in [-0.4, -0.2) is 24.0 Å². The van der Waals surface area contributed by atoms with Crippen molar-refractivity contribution in [3.63, 3.8) is 0 Å². The number of carbonyl (C=O) groups excluding carboxylic acids is 1. The number of anilines is 1. The van der Waals surface area contributed by atoms with Gasteiger partial charge in [0.05, 0.1) is 6.42 Å². The summed E-state index contributed by atoms with van der Waals surface area (Å²) in [6.07, 6.45) is 4.46.